The van der Waals surface area contributed by atoms with Gasteiger partial charge in [-0.3, -0.25) is 14.6 Å². The first kappa shape index (κ1) is 13.6. The minimum Gasteiger partial charge on any atom is -0.377 e. The number of hydrogen-bond donors (Lipinski definition) is 0. The number of ketones is 1. The van der Waals surface area contributed by atoms with Crippen molar-refractivity contribution in [3.63, 3.8) is 0 Å². The Morgan fingerprint density at radius 3 is 2.94 bits per heavy atom. The second kappa shape index (κ2) is 6.99. The normalized spacial score (nSPS) is 21.9. The molecule has 0 aromatic carbocycles. The Morgan fingerprint density at radius 2 is 2.31 bits per heavy atom. The molecule has 1 heterocycles. The molecule has 0 aliphatic carbocycles. The van der Waals surface area contributed by atoms with E-state index in [1.807, 2.05) is 7.05 Å². The molecule has 1 aliphatic rings. The molecule has 0 aromatic heterocycles. The zero-order chi connectivity index (χ0) is 12.0. The van der Waals surface area contributed by atoms with Crippen molar-refractivity contribution in [2.45, 2.75) is 25.8 Å². The van der Waals surface area contributed by atoms with Gasteiger partial charge in [-0.25, -0.2) is 0 Å². The van der Waals surface area contributed by atoms with Gasteiger partial charge in [-0.15, -0.1) is 0 Å². The smallest absolute Gasteiger partial charge is 0.172 e. The van der Waals surface area contributed by atoms with Crippen molar-refractivity contribution in [2.75, 3.05) is 46.9 Å². The van der Waals surface area contributed by atoms with Crippen molar-refractivity contribution in [1.82, 2.24) is 9.80 Å². The minimum atomic E-state index is 0.158. The van der Waals surface area contributed by atoms with Gasteiger partial charge in [0.15, 0.2) is 5.78 Å². The number of rotatable bonds is 7. The maximum Gasteiger partial charge on any atom is 0.172 e. The van der Waals surface area contributed by atoms with Gasteiger partial charge in [0.05, 0.1) is 6.54 Å². The third-order valence-corrected chi connectivity index (χ3v) is 3.18. The van der Waals surface area contributed by atoms with Crippen molar-refractivity contribution in [2.24, 2.45) is 0 Å². The fourth-order valence-corrected chi connectivity index (χ4v) is 2.45. The predicted octanol–water partition coefficient (Wildman–Crippen LogP) is 0.618. The highest BCUT2D eigenvalue weighted by atomic mass is 16.5. The predicted molar refractivity (Wildman–Crippen MR) is 64.6 cm³/mol. The summed E-state index contributed by atoms with van der Waals surface area (Å²) >= 11 is 0. The van der Waals surface area contributed by atoms with E-state index < -0.39 is 0 Å². The Bertz CT molecular complexity index is 221. The average Bonchev–Trinajstić information content (AvgIpc) is 2.65. The van der Waals surface area contributed by atoms with E-state index in [1.165, 1.54) is 19.4 Å². The molecule has 4 nitrogen and oxygen atoms in total. The fraction of sp³-hybridized carbons (Fsp3) is 0.917. The number of carbonyl (C=O) groups excluding carboxylic acids is 1. The number of likely N-dealkylation sites (tertiary alicyclic amines) is 1. The molecule has 0 spiro atoms. The van der Waals surface area contributed by atoms with Crippen molar-refractivity contribution in [3.05, 3.63) is 0 Å². The monoisotopic (exact) mass is 228 g/mol. The number of likely N-dealkylation sites (N-methyl/N-ethyl adjacent to an activating group) is 2. The average molecular weight is 228 g/mol. The molecule has 0 saturated carbocycles. The molecule has 0 aromatic rings. The highest BCUT2D eigenvalue weighted by molar-refractivity contribution is 5.81. The van der Waals surface area contributed by atoms with Crippen LogP contribution in [0.25, 0.3) is 0 Å². The SMILES string of the molecule is CCN1CCCC1CN(C)CC(=O)COC. The Labute approximate surface area is 98.5 Å². The number of methoxy groups -OCH3 is 1. The summed E-state index contributed by atoms with van der Waals surface area (Å²) in [7, 11) is 3.58. The van der Waals surface area contributed by atoms with E-state index in [0.29, 0.717) is 12.6 Å². The van der Waals surface area contributed by atoms with Gasteiger partial charge in [0.25, 0.3) is 0 Å². The molecule has 1 saturated heterocycles. The first-order chi connectivity index (χ1) is 7.67. The van der Waals surface area contributed by atoms with Crippen LogP contribution < -0.4 is 0 Å². The van der Waals surface area contributed by atoms with Crippen LogP contribution in [0.5, 0.6) is 0 Å². The second-order valence-electron chi connectivity index (χ2n) is 4.59. The fourth-order valence-electron chi connectivity index (χ4n) is 2.45. The lowest BCUT2D eigenvalue weighted by atomic mass is 10.2. The molecule has 0 N–H and O–H groups in total. The van der Waals surface area contributed by atoms with Crippen LogP contribution in [-0.4, -0.2) is 68.6 Å². The number of Topliss-reactive ketones (excluding diaryl/α,β-unsaturated/α-hetero) is 1. The van der Waals surface area contributed by atoms with Crippen LogP contribution in [0.2, 0.25) is 0 Å². The first-order valence-electron chi connectivity index (χ1n) is 6.10. The highest BCUT2D eigenvalue weighted by Gasteiger charge is 2.24. The van der Waals surface area contributed by atoms with Crippen LogP contribution in [0, 0.1) is 0 Å². The molecule has 0 bridgehead atoms. The Balaban J connectivity index is 2.27. The summed E-state index contributed by atoms with van der Waals surface area (Å²) in [5.74, 6) is 0.158. The zero-order valence-corrected chi connectivity index (χ0v) is 10.7. The van der Waals surface area contributed by atoms with Gasteiger partial charge in [-0.2, -0.15) is 0 Å². The topological polar surface area (TPSA) is 32.8 Å². The van der Waals surface area contributed by atoms with Gasteiger partial charge in [-0.1, -0.05) is 6.92 Å². The third kappa shape index (κ3) is 4.20. The number of hydrogen-bond acceptors (Lipinski definition) is 4. The Kier molecular flexibility index (Phi) is 5.95. The number of nitrogens with zero attached hydrogens (tertiary/aromatic N) is 2. The van der Waals surface area contributed by atoms with E-state index >= 15 is 0 Å². The van der Waals surface area contributed by atoms with E-state index in [-0.39, 0.29) is 12.4 Å². The zero-order valence-electron chi connectivity index (χ0n) is 10.7. The molecular weight excluding hydrogens is 204 g/mol. The summed E-state index contributed by atoms with van der Waals surface area (Å²) in [6.45, 7) is 6.25. The van der Waals surface area contributed by atoms with Crippen LogP contribution >= 0.6 is 0 Å². The van der Waals surface area contributed by atoms with Crippen LogP contribution in [0.4, 0.5) is 0 Å². The number of ether oxygens (including phenoxy) is 1. The Hall–Kier alpha value is -0.450. The van der Waals surface area contributed by atoms with E-state index in [1.54, 1.807) is 7.11 Å². The molecule has 4 heteroatoms. The van der Waals surface area contributed by atoms with Crippen molar-refractivity contribution < 1.29 is 9.53 Å². The van der Waals surface area contributed by atoms with Crippen LogP contribution in [-0.2, 0) is 9.53 Å². The largest absolute Gasteiger partial charge is 0.377 e. The van der Waals surface area contributed by atoms with Gasteiger partial charge in [0, 0.05) is 19.7 Å². The first-order valence-corrected chi connectivity index (χ1v) is 6.10. The lowest BCUT2D eigenvalue weighted by Gasteiger charge is -2.27. The molecule has 1 fully saturated rings. The Morgan fingerprint density at radius 1 is 1.56 bits per heavy atom. The number of carbonyl (C=O) groups is 1. The third-order valence-electron chi connectivity index (χ3n) is 3.18. The van der Waals surface area contributed by atoms with E-state index in [9.17, 15) is 4.79 Å². The molecule has 1 atom stereocenters. The van der Waals surface area contributed by atoms with E-state index in [4.69, 9.17) is 4.74 Å². The van der Waals surface area contributed by atoms with Crippen molar-refractivity contribution >= 4 is 5.78 Å². The quantitative estimate of drug-likeness (QED) is 0.639. The van der Waals surface area contributed by atoms with Gasteiger partial charge in [0.2, 0.25) is 0 Å². The lowest BCUT2D eigenvalue weighted by molar-refractivity contribution is -0.123. The summed E-state index contributed by atoms with van der Waals surface area (Å²) < 4.78 is 4.83. The van der Waals surface area contributed by atoms with Crippen molar-refractivity contribution in [1.29, 1.82) is 0 Å². The molecule has 0 amide bonds. The molecule has 0 radical (unpaired) electrons. The summed E-state index contributed by atoms with van der Waals surface area (Å²) in [6.07, 6.45) is 2.55. The van der Waals surface area contributed by atoms with Crippen LogP contribution in [0.15, 0.2) is 0 Å². The van der Waals surface area contributed by atoms with Gasteiger partial charge >= 0.3 is 0 Å². The maximum atomic E-state index is 11.4. The lowest BCUT2D eigenvalue weighted by Crippen LogP contribution is -2.40. The second-order valence-corrected chi connectivity index (χ2v) is 4.59. The van der Waals surface area contributed by atoms with Crippen LogP contribution in [0.3, 0.4) is 0 Å². The molecule has 1 unspecified atom stereocenters. The molecule has 16 heavy (non-hydrogen) atoms. The van der Waals surface area contributed by atoms with Gasteiger partial charge in [-0.05, 0) is 33.0 Å². The van der Waals surface area contributed by atoms with Crippen molar-refractivity contribution in [3.8, 4) is 0 Å². The highest BCUT2D eigenvalue weighted by Crippen LogP contribution is 2.16. The molecule has 94 valence electrons. The standard InChI is InChI=1S/C12H24N2O2/c1-4-14-7-5-6-11(14)8-13(2)9-12(15)10-16-3/h11H,4-10H2,1-3H3. The minimum absolute atomic E-state index is 0.158. The van der Waals surface area contributed by atoms with E-state index in [2.05, 4.69) is 16.7 Å². The summed E-state index contributed by atoms with van der Waals surface area (Å²) in [5.41, 5.74) is 0. The summed E-state index contributed by atoms with van der Waals surface area (Å²) in [5, 5.41) is 0. The maximum absolute atomic E-state index is 11.4. The summed E-state index contributed by atoms with van der Waals surface area (Å²) in [4.78, 5) is 16.0. The van der Waals surface area contributed by atoms with Crippen LogP contribution in [0.1, 0.15) is 19.8 Å². The molecule has 1 aliphatic heterocycles. The molecule has 1 rings (SSSR count). The van der Waals surface area contributed by atoms with Gasteiger partial charge in [0.1, 0.15) is 6.61 Å². The van der Waals surface area contributed by atoms with Gasteiger partial charge < -0.3 is 4.74 Å². The summed E-state index contributed by atoms with van der Waals surface area (Å²) in [6, 6.07) is 0.630. The van der Waals surface area contributed by atoms with E-state index in [0.717, 1.165) is 13.1 Å². The molecular formula is C12H24N2O2.